The van der Waals surface area contributed by atoms with Crippen LogP contribution in [0.2, 0.25) is 19.6 Å². The lowest BCUT2D eigenvalue weighted by Gasteiger charge is -2.12. The van der Waals surface area contributed by atoms with Gasteiger partial charge in [0.15, 0.2) is 0 Å². The van der Waals surface area contributed by atoms with Crippen molar-refractivity contribution < 1.29 is 5.11 Å². The maximum Gasteiger partial charge on any atom is 0.129 e. The fraction of sp³-hybridized carbons (Fsp3) is 0.818. The SMILES string of the molecule is CC(O)[C@@H](C)CCC#C[Si](C)(C)C. The number of hydrogen-bond acceptors (Lipinski definition) is 1. The number of rotatable bonds is 3. The van der Waals surface area contributed by atoms with Gasteiger partial charge >= 0.3 is 0 Å². The quantitative estimate of drug-likeness (QED) is 0.546. The van der Waals surface area contributed by atoms with E-state index < -0.39 is 8.07 Å². The van der Waals surface area contributed by atoms with Crippen LogP contribution in [0.4, 0.5) is 0 Å². The Morgan fingerprint density at radius 1 is 1.23 bits per heavy atom. The van der Waals surface area contributed by atoms with Crippen LogP contribution in [-0.2, 0) is 0 Å². The van der Waals surface area contributed by atoms with Crippen LogP contribution in [0.25, 0.3) is 0 Å². The number of hydrogen-bond donors (Lipinski definition) is 1. The second-order valence-corrected chi connectivity index (χ2v) is 9.56. The van der Waals surface area contributed by atoms with Crippen LogP contribution in [0, 0.1) is 17.4 Å². The molecule has 0 bridgehead atoms. The lowest BCUT2D eigenvalue weighted by atomic mass is 10.0. The zero-order chi connectivity index (χ0) is 10.5. The van der Waals surface area contributed by atoms with Gasteiger partial charge in [-0.05, 0) is 19.3 Å². The normalized spacial score (nSPS) is 15.8. The van der Waals surface area contributed by atoms with Gasteiger partial charge in [-0.25, -0.2) is 0 Å². The second-order valence-electron chi connectivity index (χ2n) is 4.81. The topological polar surface area (TPSA) is 20.2 Å². The van der Waals surface area contributed by atoms with Crippen molar-refractivity contribution >= 4 is 8.07 Å². The Kier molecular flexibility index (Phi) is 5.35. The van der Waals surface area contributed by atoms with E-state index in [9.17, 15) is 5.11 Å². The van der Waals surface area contributed by atoms with Crippen molar-refractivity contribution in [3.8, 4) is 11.5 Å². The highest BCUT2D eigenvalue weighted by Gasteiger charge is 2.08. The summed E-state index contributed by atoms with van der Waals surface area (Å²) in [6.07, 6.45) is 1.74. The van der Waals surface area contributed by atoms with Gasteiger partial charge in [0.25, 0.3) is 0 Å². The standard InChI is InChI=1S/C11H22OSi/c1-10(11(2)12)8-6-7-9-13(3,4)5/h10-12H,6,8H2,1-5H3/t10-,11?/m0/s1. The zero-order valence-electron chi connectivity index (χ0n) is 9.52. The third-order valence-corrected chi connectivity index (χ3v) is 2.94. The molecule has 0 amide bonds. The molecular formula is C11H22OSi. The molecule has 0 spiro atoms. The first kappa shape index (κ1) is 12.7. The van der Waals surface area contributed by atoms with Crippen molar-refractivity contribution in [2.45, 2.75) is 52.4 Å². The van der Waals surface area contributed by atoms with Crippen molar-refractivity contribution in [2.75, 3.05) is 0 Å². The fourth-order valence-electron chi connectivity index (χ4n) is 0.869. The van der Waals surface area contributed by atoms with Crippen LogP contribution in [0.1, 0.15) is 26.7 Å². The van der Waals surface area contributed by atoms with Crippen LogP contribution in [-0.4, -0.2) is 19.3 Å². The molecule has 76 valence electrons. The van der Waals surface area contributed by atoms with E-state index in [1.165, 1.54) is 0 Å². The Hall–Kier alpha value is -0.263. The van der Waals surface area contributed by atoms with Gasteiger partial charge in [0.2, 0.25) is 0 Å². The van der Waals surface area contributed by atoms with E-state index in [0.717, 1.165) is 12.8 Å². The molecule has 0 aromatic carbocycles. The van der Waals surface area contributed by atoms with Crippen molar-refractivity contribution in [3.05, 3.63) is 0 Å². The Morgan fingerprint density at radius 2 is 1.77 bits per heavy atom. The van der Waals surface area contributed by atoms with E-state index in [-0.39, 0.29) is 6.10 Å². The van der Waals surface area contributed by atoms with E-state index in [1.54, 1.807) is 0 Å². The van der Waals surface area contributed by atoms with Gasteiger partial charge in [-0.15, -0.1) is 11.5 Å². The molecule has 0 saturated heterocycles. The summed E-state index contributed by atoms with van der Waals surface area (Å²) in [5.41, 5.74) is 3.32. The highest BCUT2D eigenvalue weighted by atomic mass is 28.3. The highest BCUT2D eigenvalue weighted by molar-refractivity contribution is 6.83. The second kappa shape index (κ2) is 5.46. The summed E-state index contributed by atoms with van der Waals surface area (Å²) in [7, 11) is -1.18. The van der Waals surface area contributed by atoms with Gasteiger partial charge < -0.3 is 5.11 Å². The first-order valence-electron chi connectivity index (χ1n) is 5.01. The maximum atomic E-state index is 9.24. The molecule has 1 N–H and O–H groups in total. The van der Waals surface area contributed by atoms with Crippen LogP contribution in [0.5, 0.6) is 0 Å². The molecule has 0 fully saturated rings. The zero-order valence-corrected chi connectivity index (χ0v) is 10.5. The molecule has 1 nitrogen and oxygen atoms in total. The number of aliphatic hydroxyl groups excluding tert-OH is 1. The molecule has 0 aromatic heterocycles. The highest BCUT2D eigenvalue weighted by Crippen LogP contribution is 2.09. The molecule has 2 heteroatoms. The smallest absolute Gasteiger partial charge is 0.129 e. The average molecular weight is 198 g/mol. The van der Waals surface area contributed by atoms with E-state index in [1.807, 2.05) is 6.92 Å². The third kappa shape index (κ3) is 8.08. The summed E-state index contributed by atoms with van der Waals surface area (Å²) in [4.78, 5) is 0. The summed E-state index contributed by atoms with van der Waals surface area (Å²) in [5, 5.41) is 9.24. The molecular weight excluding hydrogens is 176 g/mol. The summed E-state index contributed by atoms with van der Waals surface area (Å²) in [6, 6.07) is 0. The molecule has 0 saturated carbocycles. The first-order valence-corrected chi connectivity index (χ1v) is 8.51. The molecule has 0 aromatic rings. The van der Waals surface area contributed by atoms with Gasteiger partial charge in [-0.3, -0.25) is 0 Å². The van der Waals surface area contributed by atoms with Gasteiger partial charge in [0, 0.05) is 6.42 Å². The average Bonchev–Trinajstić information content (AvgIpc) is 1.95. The Balaban J connectivity index is 3.72. The molecule has 0 radical (unpaired) electrons. The van der Waals surface area contributed by atoms with Crippen molar-refractivity contribution in [1.82, 2.24) is 0 Å². The minimum absolute atomic E-state index is 0.200. The van der Waals surface area contributed by atoms with Crippen molar-refractivity contribution in [3.63, 3.8) is 0 Å². The summed E-state index contributed by atoms with van der Waals surface area (Å²) < 4.78 is 0. The van der Waals surface area contributed by atoms with E-state index >= 15 is 0 Å². The Bertz CT molecular complexity index is 192. The molecule has 2 atom stereocenters. The number of aliphatic hydroxyl groups is 1. The summed E-state index contributed by atoms with van der Waals surface area (Å²) in [5.74, 6) is 3.58. The van der Waals surface area contributed by atoms with E-state index in [2.05, 4.69) is 38.0 Å². The van der Waals surface area contributed by atoms with Crippen LogP contribution >= 0.6 is 0 Å². The van der Waals surface area contributed by atoms with Gasteiger partial charge in [-0.2, -0.15) is 0 Å². The predicted octanol–water partition coefficient (Wildman–Crippen LogP) is 2.66. The minimum Gasteiger partial charge on any atom is -0.393 e. The van der Waals surface area contributed by atoms with Crippen molar-refractivity contribution in [1.29, 1.82) is 0 Å². The minimum atomic E-state index is -1.18. The Labute approximate surface area is 83.6 Å². The first-order chi connectivity index (χ1) is 5.83. The third-order valence-electron chi connectivity index (χ3n) is 2.01. The van der Waals surface area contributed by atoms with Crippen molar-refractivity contribution in [2.24, 2.45) is 5.92 Å². The predicted molar refractivity (Wildman–Crippen MR) is 61.2 cm³/mol. The largest absolute Gasteiger partial charge is 0.393 e. The molecule has 0 aliphatic carbocycles. The molecule has 0 aliphatic rings. The van der Waals surface area contributed by atoms with E-state index in [4.69, 9.17) is 0 Å². The summed E-state index contributed by atoms with van der Waals surface area (Å²) >= 11 is 0. The van der Waals surface area contributed by atoms with Gasteiger partial charge in [0.05, 0.1) is 6.10 Å². The summed E-state index contributed by atoms with van der Waals surface area (Å²) in [6.45, 7) is 10.7. The maximum absolute atomic E-state index is 9.24. The fourth-order valence-corrected chi connectivity index (χ4v) is 1.52. The van der Waals surface area contributed by atoms with Crippen LogP contribution in [0.3, 0.4) is 0 Å². The monoisotopic (exact) mass is 198 g/mol. The molecule has 0 aliphatic heterocycles. The van der Waals surface area contributed by atoms with Gasteiger partial charge in [0.1, 0.15) is 8.07 Å². The van der Waals surface area contributed by atoms with Gasteiger partial charge in [-0.1, -0.05) is 26.6 Å². The molecule has 0 rings (SSSR count). The Morgan fingerprint density at radius 3 is 2.15 bits per heavy atom. The van der Waals surface area contributed by atoms with Crippen LogP contribution < -0.4 is 0 Å². The lowest BCUT2D eigenvalue weighted by molar-refractivity contribution is 0.131. The van der Waals surface area contributed by atoms with Crippen LogP contribution in [0.15, 0.2) is 0 Å². The molecule has 13 heavy (non-hydrogen) atoms. The van der Waals surface area contributed by atoms with E-state index in [0.29, 0.717) is 5.92 Å². The molecule has 0 heterocycles. The lowest BCUT2D eigenvalue weighted by Crippen LogP contribution is -2.16. The molecule has 1 unspecified atom stereocenters.